The molecule has 3 aliphatic rings. The second-order valence-corrected chi connectivity index (χ2v) is 35.0. The van der Waals surface area contributed by atoms with Crippen molar-refractivity contribution in [3.63, 3.8) is 0 Å². The van der Waals surface area contributed by atoms with Gasteiger partial charge in [0.25, 0.3) is 0 Å². The van der Waals surface area contributed by atoms with E-state index in [2.05, 4.69) is 108 Å². The number of rotatable bonds is 19. The molecule has 18 amide bonds. The Labute approximate surface area is 750 Å². The van der Waals surface area contributed by atoms with E-state index in [4.69, 9.17) is 0 Å². The number of carboxylic acid groups (broad SMARTS) is 1. The van der Waals surface area contributed by atoms with Gasteiger partial charge in [0.05, 0.1) is 19.7 Å². The molecule has 5 rings (SSSR count). The number of nitrogens with one attached hydrogen (secondary N) is 19. The Balaban J connectivity index is 0.0000318. The van der Waals surface area contributed by atoms with Crippen molar-refractivity contribution in [3.05, 3.63) is 49.4 Å². The Kier molecular flexibility index (Phi) is 43.9. The van der Waals surface area contributed by atoms with Crippen LogP contribution < -0.4 is 95.7 Å². The van der Waals surface area contributed by atoms with Crippen molar-refractivity contribution in [2.75, 3.05) is 42.7 Å². The number of carbonyl (C=O) groups excluding carboxylic acids is 19. The Morgan fingerprint density at radius 1 is 0.561 bits per heavy atom. The molecule has 0 saturated carbocycles. The number of aliphatic carboxylic acids is 1. The summed E-state index contributed by atoms with van der Waals surface area (Å²) in [5.41, 5.74) is 1.22. The molecule has 2 bridgehead atoms. The second kappa shape index (κ2) is 51.0. The molecule has 0 spiro atoms. The van der Waals surface area contributed by atoms with Crippen molar-refractivity contribution in [3.8, 4) is 0 Å². The number of amides is 18. The van der Waals surface area contributed by atoms with Gasteiger partial charge in [-0.15, -0.1) is 0 Å². The molecular weight excluding hydrogens is 1740 g/mol. The number of fused-ring (bicyclic) bond motifs is 10. The van der Waals surface area contributed by atoms with Gasteiger partial charge < -0.3 is 129 Å². The molecule has 1 aromatic carbocycles. The average molecular weight is 1860 g/mol. The van der Waals surface area contributed by atoms with Gasteiger partial charge in [0.1, 0.15) is 90.4 Å². The van der Waals surface area contributed by atoms with E-state index in [0.29, 0.717) is 28.2 Å². The van der Waals surface area contributed by atoms with E-state index in [1.165, 1.54) is 61.8 Å². The van der Waals surface area contributed by atoms with Gasteiger partial charge in [0.2, 0.25) is 106 Å². The van der Waals surface area contributed by atoms with Crippen LogP contribution in [0.15, 0.2) is 30.5 Å². The number of aliphatic hydroxyl groups is 1. The summed E-state index contributed by atoms with van der Waals surface area (Å²) in [6.07, 6.45) is 1.04. The topological polar surface area (TPSA) is 614 Å². The van der Waals surface area contributed by atoms with Crippen LogP contribution in [-0.4, -0.2) is 283 Å². The molecule has 2 unspecified atom stereocenters. The summed E-state index contributed by atoms with van der Waals surface area (Å²) >= 11 is 2.36. The van der Waals surface area contributed by atoms with E-state index in [-0.39, 0.29) is 57.7 Å². The van der Waals surface area contributed by atoms with Crippen LogP contribution in [0.2, 0.25) is 0 Å². The Morgan fingerprint density at radius 2 is 1.12 bits per heavy atom. The summed E-state index contributed by atoms with van der Waals surface area (Å²) in [4.78, 5) is 289. The number of benzene rings is 1. The van der Waals surface area contributed by atoms with Gasteiger partial charge in [-0.1, -0.05) is 86.9 Å². The summed E-state index contributed by atoms with van der Waals surface area (Å²) < 4.78 is 0. The van der Waals surface area contributed by atoms with Crippen LogP contribution >= 0.6 is 35.3 Å². The SMILES string of the molecule is [CH2-][C@H](NC(=O)[C@H](C)NC(=O)[C@@H]1CS[C@@H](C)[C@H]2NC(=O)[C@H](CC(C)C)NC(=O)[C@H](NC(=O)C3CSC[C@H](C)C(=O)N[C@@H](CO)C(=O)NCC(=O)N[C@@H](Cc4c[nH]c5ccccc45)C(=O)N[C@@H](C(C)C)C(=O)N3)[C@H](C)SC[C@H](NC(=O)[C@H](CCC(=O)O)NC(=O)[C@H](C(C)CC)NC2=O)C(=O)NCC(=O)N[C@@H]([CH-]C)C(=O)N[C@@H](C)C(=O)N[C@@H](C)C(=O)N1)C(C)=O.[Y]. The number of hydrogen-bond acceptors (Lipinski definition) is 24. The van der Waals surface area contributed by atoms with Crippen molar-refractivity contribution in [2.45, 2.75) is 236 Å². The Hall–Kier alpha value is -9.53. The molecule has 45 heteroatoms. The van der Waals surface area contributed by atoms with Gasteiger partial charge in [0, 0.05) is 102 Å². The fraction of sp³-hybridized carbons (Fsp3) is 0.615. The minimum Gasteiger partial charge on any atom is -0.481 e. The van der Waals surface area contributed by atoms with Crippen LogP contribution in [0.3, 0.4) is 0 Å². The van der Waals surface area contributed by atoms with Gasteiger partial charge in [-0.3, -0.25) is 91.1 Å². The third-order valence-electron chi connectivity index (χ3n) is 20.2. The van der Waals surface area contributed by atoms with Crippen molar-refractivity contribution >= 4 is 164 Å². The van der Waals surface area contributed by atoms with Crippen LogP contribution in [-0.2, 0) is 135 Å². The molecule has 20 atom stereocenters. The van der Waals surface area contributed by atoms with Crippen LogP contribution in [0.1, 0.15) is 128 Å². The van der Waals surface area contributed by atoms with E-state index < -0.39 is 299 Å². The third-order valence-corrected chi connectivity index (χ3v) is 24.2. The predicted octanol–water partition coefficient (Wildman–Crippen LogP) is -5.34. The summed E-state index contributed by atoms with van der Waals surface area (Å²) in [6.45, 7) is 21.0. The van der Waals surface area contributed by atoms with E-state index in [1.807, 2.05) is 0 Å². The molecule has 1 aromatic heterocycles. The Morgan fingerprint density at radius 3 is 1.74 bits per heavy atom. The van der Waals surface area contributed by atoms with Crippen molar-refractivity contribution in [2.24, 2.45) is 23.7 Å². The summed E-state index contributed by atoms with van der Waals surface area (Å²) in [6, 6.07) is -19.0. The Bertz CT molecular complexity index is 4160. The normalized spacial score (nSPS) is 28.0. The zero-order valence-electron chi connectivity index (χ0n) is 71.2. The first-order valence-corrected chi connectivity index (χ1v) is 43.3. The number of ketones is 1. The first kappa shape index (κ1) is 106. The molecule has 123 heavy (non-hydrogen) atoms. The predicted molar refractivity (Wildman–Crippen MR) is 450 cm³/mol. The van der Waals surface area contributed by atoms with Crippen LogP contribution in [0.5, 0.6) is 0 Å². The number of carboxylic acids is 1. The van der Waals surface area contributed by atoms with E-state index in [0.717, 1.165) is 30.4 Å². The standard InChI is InChI=1S/C78H117N19O22S3.Y/c1-16-36(7)60-76(117)88-49(22-23-58(102)103)70(111)92-54-32-121-43(14)61(97-74(115)53-31-120-30-37(8)63(104)90-52(29-98)67(108)80-28-57(101)87-51(72(113)94-59(35(5)6)75(116)93-53)25-45-26-79-48-21-19-18-20-46(45)48)77(118)89-50(24-34(3)4)71(112)96-62(78(119)95-60)44(15)122-33-55(73(114)85-39(10)64(105)82-38(9)42(13)99)91-66(107)41(12)83-65(106)40(11)84-69(110)47(17-2)86-56(100)27-81-68(54)109;/h17-21,26,34-41,43-44,47,49-55,59-62,79,98H,9,16,22-25,27-33H2,1-8,10-15H3,(H,80,108)(H,81,109)(H,82,105)(H,83,106)(H,84,110)(H,85,114)(H,86,100)(H,87,101)(H,88,117)(H,89,118)(H,90,104)(H,91,107)(H,92,111)(H,93,116)(H,94,113)(H,95,119)(H,96,112)(H,97,115)(H,102,103);/q-2;/t36?,37-,38-,39-,40-,41-,43-,44-,47-,49-,50-,51-,52-,53?,54-,55-,59-,60-,61+,62+;/m0./s1. The summed E-state index contributed by atoms with van der Waals surface area (Å²) in [7, 11) is 0. The molecule has 3 saturated heterocycles. The second-order valence-electron chi connectivity index (χ2n) is 31.1. The molecule has 4 heterocycles. The van der Waals surface area contributed by atoms with Gasteiger partial charge in [-0.05, 0) is 82.0 Å². The minimum absolute atomic E-state index is 0. The van der Waals surface area contributed by atoms with Crippen molar-refractivity contribution in [1.82, 2.24) is 101 Å². The van der Waals surface area contributed by atoms with Gasteiger partial charge in [-0.2, -0.15) is 42.2 Å². The average Bonchev–Trinajstić information content (AvgIpc) is 1.75. The fourth-order valence-electron chi connectivity index (χ4n) is 12.4. The number of carbonyl (C=O) groups is 20. The molecule has 3 aliphatic heterocycles. The van der Waals surface area contributed by atoms with Crippen LogP contribution in [0.25, 0.3) is 10.9 Å². The third kappa shape index (κ3) is 33.2. The van der Waals surface area contributed by atoms with E-state index in [1.54, 1.807) is 65.1 Å². The number of aromatic nitrogens is 1. The molecule has 21 N–H and O–H groups in total. The molecule has 2 aromatic rings. The van der Waals surface area contributed by atoms with Crippen molar-refractivity contribution < 1.29 is 139 Å². The maximum atomic E-state index is 15.8. The van der Waals surface area contributed by atoms with E-state index in [9.17, 15) is 82.1 Å². The number of thioether (sulfide) groups is 3. The maximum absolute atomic E-state index is 15.8. The molecular formula is C78H117N19O22S3Y-2. The minimum atomic E-state index is -1.92. The number of H-pyrrole nitrogens is 1. The van der Waals surface area contributed by atoms with Gasteiger partial charge >= 0.3 is 5.97 Å². The summed E-state index contributed by atoms with van der Waals surface area (Å²) in [5, 5.41) is 63.8. The number of para-hydroxylation sites is 1. The monoisotopic (exact) mass is 1860 g/mol. The van der Waals surface area contributed by atoms with Crippen LogP contribution in [0, 0.1) is 37.0 Å². The molecule has 679 valence electrons. The number of aliphatic hydroxyl groups excluding tert-OH is 1. The molecule has 41 nitrogen and oxygen atoms in total. The van der Waals surface area contributed by atoms with Gasteiger partial charge in [-0.25, -0.2) is 0 Å². The molecule has 1 radical (unpaired) electrons. The van der Waals surface area contributed by atoms with Gasteiger partial charge in [0.15, 0.2) is 0 Å². The zero-order valence-corrected chi connectivity index (χ0v) is 76.5. The maximum Gasteiger partial charge on any atom is 0.303 e. The first-order chi connectivity index (χ1) is 57.4. The molecule has 0 aliphatic carbocycles. The number of aromatic amines is 1. The number of hydrogen-bond donors (Lipinski definition) is 21. The van der Waals surface area contributed by atoms with Crippen LogP contribution in [0.4, 0.5) is 0 Å². The van der Waals surface area contributed by atoms with E-state index >= 15 is 24.0 Å². The summed E-state index contributed by atoms with van der Waals surface area (Å²) in [5.74, 6) is -25.5. The molecule has 3 fully saturated rings. The largest absolute Gasteiger partial charge is 0.481 e. The number of Topliss-reactive ketones (excluding diaryl/α,β-unsaturated/α-hetero) is 1. The quantitative estimate of drug-likeness (QED) is 0.0461. The smallest absolute Gasteiger partial charge is 0.303 e. The van der Waals surface area contributed by atoms with Crippen molar-refractivity contribution in [1.29, 1.82) is 0 Å². The fourth-order valence-corrected chi connectivity index (χ4v) is 15.8. The first-order valence-electron chi connectivity index (χ1n) is 40.1. The zero-order chi connectivity index (χ0) is 91.3.